The van der Waals surface area contributed by atoms with Crippen LogP contribution < -0.4 is 4.74 Å². The molecular weight excluding hydrogens is 216 g/mol. The highest BCUT2D eigenvalue weighted by Crippen LogP contribution is 2.44. The van der Waals surface area contributed by atoms with Gasteiger partial charge >= 0.3 is 0 Å². The molecule has 2 aliphatic rings. The minimum Gasteiger partial charge on any atom is -0.487 e. The van der Waals surface area contributed by atoms with Crippen LogP contribution in [-0.2, 0) is 4.74 Å². The Morgan fingerprint density at radius 2 is 2.06 bits per heavy atom. The van der Waals surface area contributed by atoms with E-state index in [4.69, 9.17) is 9.47 Å². The summed E-state index contributed by atoms with van der Waals surface area (Å²) >= 11 is 0. The number of hydrogen-bond acceptors (Lipinski definition) is 3. The van der Waals surface area contributed by atoms with E-state index in [-0.39, 0.29) is 5.60 Å². The van der Waals surface area contributed by atoms with E-state index in [1.54, 1.807) is 0 Å². The molecule has 92 valence electrons. The van der Waals surface area contributed by atoms with Crippen molar-refractivity contribution in [3.8, 4) is 5.75 Å². The third-order valence-corrected chi connectivity index (χ3v) is 3.82. The standard InChI is InChI=1S/C14H18O3/c1-10-2-3-13-11(8-10)12(15)9-14(17-13)4-6-16-7-5-14/h2-3,8,12,15H,4-7,9H2,1H3/t12-/m1/s1. The van der Waals surface area contributed by atoms with Gasteiger partial charge in [0.25, 0.3) is 0 Å². The molecule has 0 bridgehead atoms. The molecule has 1 atom stereocenters. The Bertz CT molecular complexity index is 421. The Morgan fingerprint density at radius 3 is 2.82 bits per heavy atom. The molecule has 3 nitrogen and oxygen atoms in total. The van der Waals surface area contributed by atoms with Gasteiger partial charge < -0.3 is 14.6 Å². The summed E-state index contributed by atoms with van der Waals surface area (Å²) in [5.41, 5.74) is 1.89. The van der Waals surface area contributed by atoms with E-state index in [1.165, 1.54) is 0 Å². The first-order chi connectivity index (χ1) is 8.19. The summed E-state index contributed by atoms with van der Waals surface area (Å²) in [4.78, 5) is 0. The maximum Gasteiger partial charge on any atom is 0.125 e. The molecule has 0 radical (unpaired) electrons. The van der Waals surface area contributed by atoms with Gasteiger partial charge in [0.1, 0.15) is 11.4 Å². The van der Waals surface area contributed by atoms with Crippen molar-refractivity contribution in [1.29, 1.82) is 0 Å². The fourth-order valence-electron chi connectivity index (χ4n) is 2.81. The molecule has 1 N–H and O–H groups in total. The second-order valence-corrected chi connectivity index (χ2v) is 5.16. The predicted molar refractivity (Wildman–Crippen MR) is 64.2 cm³/mol. The van der Waals surface area contributed by atoms with Crippen LogP contribution in [0.15, 0.2) is 18.2 Å². The lowest BCUT2D eigenvalue weighted by atomic mass is 9.83. The molecule has 2 aliphatic heterocycles. The average molecular weight is 234 g/mol. The lowest BCUT2D eigenvalue weighted by molar-refractivity contribution is -0.0839. The van der Waals surface area contributed by atoms with Gasteiger partial charge in [-0.2, -0.15) is 0 Å². The van der Waals surface area contributed by atoms with Gasteiger partial charge in [0.15, 0.2) is 0 Å². The monoisotopic (exact) mass is 234 g/mol. The Morgan fingerprint density at radius 1 is 1.29 bits per heavy atom. The van der Waals surface area contributed by atoms with E-state index in [0.717, 1.165) is 42.9 Å². The van der Waals surface area contributed by atoms with E-state index in [2.05, 4.69) is 0 Å². The number of ether oxygens (including phenoxy) is 2. The Hall–Kier alpha value is -1.06. The summed E-state index contributed by atoms with van der Waals surface area (Å²) in [6.07, 6.45) is 2.03. The van der Waals surface area contributed by atoms with Crippen molar-refractivity contribution in [3.63, 3.8) is 0 Å². The van der Waals surface area contributed by atoms with Crippen molar-refractivity contribution < 1.29 is 14.6 Å². The van der Waals surface area contributed by atoms with Crippen molar-refractivity contribution in [3.05, 3.63) is 29.3 Å². The summed E-state index contributed by atoms with van der Waals surface area (Å²) in [5, 5.41) is 10.3. The Labute approximate surface area is 101 Å². The molecule has 1 aromatic rings. The molecule has 2 heterocycles. The number of fused-ring (bicyclic) bond motifs is 1. The molecule has 1 spiro atoms. The molecule has 1 aromatic carbocycles. The summed E-state index contributed by atoms with van der Waals surface area (Å²) in [7, 11) is 0. The first kappa shape index (κ1) is 11.1. The lowest BCUT2D eigenvalue weighted by Crippen LogP contribution is -2.45. The fraction of sp³-hybridized carbons (Fsp3) is 0.571. The van der Waals surface area contributed by atoms with Crippen LogP contribution in [0.2, 0.25) is 0 Å². The van der Waals surface area contributed by atoms with Gasteiger partial charge in [-0.3, -0.25) is 0 Å². The highest BCUT2D eigenvalue weighted by molar-refractivity contribution is 5.40. The molecular formula is C14H18O3. The summed E-state index contributed by atoms with van der Waals surface area (Å²) in [5.74, 6) is 0.844. The number of rotatable bonds is 0. The van der Waals surface area contributed by atoms with Crippen molar-refractivity contribution in [2.45, 2.75) is 37.9 Å². The summed E-state index contributed by atoms with van der Waals surface area (Å²) in [6.45, 7) is 3.49. The van der Waals surface area contributed by atoms with Crippen molar-refractivity contribution in [2.75, 3.05) is 13.2 Å². The Balaban J connectivity index is 1.94. The summed E-state index contributed by atoms with van der Waals surface area (Å²) in [6, 6.07) is 6.03. The zero-order valence-electron chi connectivity index (χ0n) is 10.1. The third kappa shape index (κ3) is 1.94. The lowest BCUT2D eigenvalue weighted by Gasteiger charge is -2.43. The number of aliphatic hydroxyl groups excluding tert-OH is 1. The molecule has 3 rings (SSSR count). The van der Waals surface area contributed by atoms with Crippen LogP contribution >= 0.6 is 0 Å². The second-order valence-electron chi connectivity index (χ2n) is 5.16. The maximum atomic E-state index is 10.3. The van der Waals surface area contributed by atoms with Crippen LogP contribution in [0.3, 0.4) is 0 Å². The van der Waals surface area contributed by atoms with Gasteiger partial charge in [0.2, 0.25) is 0 Å². The van der Waals surface area contributed by atoms with Crippen LogP contribution in [0.5, 0.6) is 5.75 Å². The largest absolute Gasteiger partial charge is 0.487 e. The second kappa shape index (κ2) is 4.00. The first-order valence-corrected chi connectivity index (χ1v) is 6.24. The third-order valence-electron chi connectivity index (χ3n) is 3.82. The van der Waals surface area contributed by atoms with E-state index in [1.807, 2.05) is 25.1 Å². The number of aryl methyl sites for hydroxylation is 1. The number of hydrogen-bond donors (Lipinski definition) is 1. The Kier molecular flexibility index (Phi) is 2.60. The molecule has 3 heteroatoms. The topological polar surface area (TPSA) is 38.7 Å². The van der Waals surface area contributed by atoms with E-state index in [0.29, 0.717) is 6.42 Å². The van der Waals surface area contributed by atoms with Crippen LogP contribution in [0.1, 0.15) is 36.5 Å². The van der Waals surface area contributed by atoms with Crippen LogP contribution in [0.4, 0.5) is 0 Å². The summed E-state index contributed by atoms with van der Waals surface area (Å²) < 4.78 is 11.5. The van der Waals surface area contributed by atoms with Crippen LogP contribution in [0, 0.1) is 6.92 Å². The molecule has 17 heavy (non-hydrogen) atoms. The molecule has 0 saturated carbocycles. The van der Waals surface area contributed by atoms with Crippen molar-refractivity contribution in [1.82, 2.24) is 0 Å². The van der Waals surface area contributed by atoms with E-state index < -0.39 is 6.10 Å². The smallest absolute Gasteiger partial charge is 0.125 e. The van der Waals surface area contributed by atoms with Crippen LogP contribution in [-0.4, -0.2) is 23.9 Å². The molecule has 0 aliphatic carbocycles. The van der Waals surface area contributed by atoms with Gasteiger partial charge in [0.05, 0.1) is 19.3 Å². The molecule has 1 fully saturated rings. The molecule has 0 amide bonds. The average Bonchev–Trinajstić information content (AvgIpc) is 2.31. The minimum atomic E-state index is -0.406. The van der Waals surface area contributed by atoms with E-state index in [9.17, 15) is 5.11 Å². The molecule has 0 unspecified atom stereocenters. The van der Waals surface area contributed by atoms with Gasteiger partial charge in [-0.1, -0.05) is 11.6 Å². The first-order valence-electron chi connectivity index (χ1n) is 6.24. The van der Waals surface area contributed by atoms with Gasteiger partial charge in [-0.25, -0.2) is 0 Å². The quantitative estimate of drug-likeness (QED) is 0.749. The van der Waals surface area contributed by atoms with Crippen LogP contribution in [0.25, 0.3) is 0 Å². The fourth-order valence-corrected chi connectivity index (χ4v) is 2.81. The van der Waals surface area contributed by atoms with Crippen molar-refractivity contribution in [2.24, 2.45) is 0 Å². The van der Waals surface area contributed by atoms with Gasteiger partial charge in [0, 0.05) is 24.8 Å². The molecule has 0 aromatic heterocycles. The number of aliphatic hydroxyl groups is 1. The highest BCUT2D eigenvalue weighted by atomic mass is 16.5. The normalized spacial score (nSPS) is 26.4. The van der Waals surface area contributed by atoms with Gasteiger partial charge in [-0.15, -0.1) is 0 Å². The zero-order chi connectivity index (χ0) is 11.9. The molecule has 1 saturated heterocycles. The number of benzene rings is 1. The SMILES string of the molecule is Cc1ccc2c(c1)[C@H](O)CC1(CCOCC1)O2. The van der Waals surface area contributed by atoms with Gasteiger partial charge in [-0.05, 0) is 19.1 Å². The zero-order valence-corrected chi connectivity index (χ0v) is 10.1. The van der Waals surface area contributed by atoms with E-state index >= 15 is 0 Å². The highest BCUT2D eigenvalue weighted by Gasteiger charge is 2.41. The van der Waals surface area contributed by atoms with Crippen molar-refractivity contribution >= 4 is 0 Å². The maximum absolute atomic E-state index is 10.3. The predicted octanol–water partition coefficient (Wildman–Crippen LogP) is 2.36. The minimum absolute atomic E-state index is 0.208.